The average molecular weight is 494 g/mol. The highest BCUT2D eigenvalue weighted by Crippen LogP contribution is 2.26. The van der Waals surface area contributed by atoms with Gasteiger partial charge in [0.25, 0.3) is 5.91 Å². The summed E-state index contributed by atoms with van der Waals surface area (Å²) in [5, 5.41) is 7.12. The van der Waals surface area contributed by atoms with Crippen molar-refractivity contribution in [2.24, 2.45) is 0 Å². The van der Waals surface area contributed by atoms with Crippen molar-refractivity contribution in [2.75, 3.05) is 17.2 Å². The van der Waals surface area contributed by atoms with Gasteiger partial charge in [0.15, 0.2) is 6.61 Å². The lowest BCUT2D eigenvalue weighted by Crippen LogP contribution is -2.20. The van der Waals surface area contributed by atoms with Crippen molar-refractivity contribution in [2.45, 2.75) is 13.5 Å². The summed E-state index contributed by atoms with van der Waals surface area (Å²) < 4.78 is 6.58. The third-order valence-corrected chi connectivity index (χ3v) is 5.38. The van der Waals surface area contributed by atoms with Gasteiger partial charge >= 0.3 is 0 Å². The first-order valence-electron chi connectivity index (χ1n) is 8.87. The van der Waals surface area contributed by atoms with Crippen LogP contribution in [0.4, 0.5) is 11.4 Å². The highest BCUT2D eigenvalue weighted by atomic mass is 79.9. The molecule has 0 aliphatic carbocycles. The Hall–Kier alpha value is -2.21. The van der Waals surface area contributed by atoms with Crippen LogP contribution in [0, 0.1) is 6.92 Å². The summed E-state index contributed by atoms with van der Waals surface area (Å²) in [7, 11) is 0. The SMILES string of the molecule is Cc1ccc(NC(=O)COc2ccc(CNc3ccc(Br)cc3)cc2Cl)cc1Cl. The zero-order chi connectivity index (χ0) is 20.8. The average Bonchev–Trinajstić information content (AvgIpc) is 2.69. The van der Waals surface area contributed by atoms with E-state index in [1.54, 1.807) is 18.2 Å². The predicted octanol–water partition coefficient (Wildman–Crippen LogP) is 6.69. The molecule has 4 nitrogen and oxygen atoms in total. The Morgan fingerprint density at radius 1 is 0.966 bits per heavy atom. The van der Waals surface area contributed by atoms with Gasteiger partial charge in [0.05, 0.1) is 5.02 Å². The monoisotopic (exact) mass is 492 g/mol. The number of benzene rings is 3. The smallest absolute Gasteiger partial charge is 0.262 e. The topological polar surface area (TPSA) is 50.4 Å². The van der Waals surface area contributed by atoms with Crippen molar-refractivity contribution in [1.29, 1.82) is 0 Å². The Kier molecular flexibility index (Phi) is 7.42. The van der Waals surface area contributed by atoms with Crippen LogP contribution in [0.1, 0.15) is 11.1 Å². The van der Waals surface area contributed by atoms with Gasteiger partial charge in [-0.1, -0.05) is 51.3 Å². The van der Waals surface area contributed by atoms with Crippen molar-refractivity contribution in [3.05, 3.63) is 86.3 Å². The van der Waals surface area contributed by atoms with Crippen molar-refractivity contribution in [3.8, 4) is 5.75 Å². The summed E-state index contributed by atoms with van der Waals surface area (Å²) in [4.78, 5) is 12.1. The number of hydrogen-bond donors (Lipinski definition) is 2. The number of anilines is 2. The number of rotatable bonds is 7. The van der Waals surface area contributed by atoms with Crippen LogP contribution in [-0.2, 0) is 11.3 Å². The number of halogens is 3. The molecule has 3 rings (SSSR count). The number of nitrogens with one attached hydrogen (secondary N) is 2. The van der Waals surface area contributed by atoms with E-state index in [0.29, 0.717) is 28.0 Å². The van der Waals surface area contributed by atoms with Crippen LogP contribution >= 0.6 is 39.1 Å². The first-order chi connectivity index (χ1) is 13.9. The zero-order valence-corrected chi connectivity index (χ0v) is 18.7. The Balaban J connectivity index is 1.52. The number of ether oxygens (including phenoxy) is 1. The molecule has 150 valence electrons. The first kappa shape index (κ1) is 21.5. The molecule has 0 radical (unpaired) electrons. The fourth-order valence-electron chi connectivity index (χ4n) is 2.55. The zero-order valence-electron chi connectivity index (χ0n) is 15.6. The molecule has 29 heavy (non-hydrogen) atoms. The van der Waals surface area contributed by atoms with E-state index in [9.17, 15) is 4.79 Å². The van der Waals surface area contributed by atoms with E-state index in [0.717, 1.165) is 21.3 Å². The molecule has 0 heterocycles. The third-order valence-electron chi connectivity index (χ3n) is 4.15. The van der Waals surface area contributed by atoms with E-state index in [-0.39, 0.29) is 12.5 Å². The number of hydrogen-bond acceptors (Lipinski definition) is 3. The maximum atomic E-state index is 12.1. The summed E-state index contributed by atoms with van der Waals surface area (Å²) in [6.45, 7) is 2.37. The second-order valence-electron chi connectivity index (χ2n) is 6.43. The molecular formula is C22H19BrCl2N2O2. The largest absolute Gasteiger partial charge is 0.482 e. The minimum Gasteiger partial charge on any atom is -0.482 e. The molecule has 0 aromatic heterocycles. The van der Waals surface area contributed by atoms with Crippen LogP contribution in [0.5, 0.6) is 5.75 Å². The van der Waals surface area contributed by atoms with E-state index >= 15 is 0 Å². The fourth-order valence-corrected chi connectivity index (χ4v) is 3.26. The van der Waals surface area contributed by atoms with Crippen LogP contribution in [0.3, 0.4) is 0 Å². The molecule has 2 N–H and O–H groups in total. The van der Waals surface area contributed by atoms with Crippen LogP contribution in [0.2, 0.25) is 10.0 Å². The number of aryl methyl sites for hydroxylation is 1. The van der Waals surface area contributed by atoms with E-state index in [2.05, 4.69) is 26.6 Å². The van der Waals surface area contributed by atoms with Crippen LogP contribution in [-0.4, -0.2) is 12.5 Å². The molecular weight excluding hydrogens is 475 g/mol. The number of amides is 1. The van der Waals surface area contributed by atoms with Gasteiger partial charge in [0.1, 0.15) is 5.75 Å². The molecule has 3 aromatic rings. The Morgan fingerprint density at radius 3 is 2.38 bits per heavy atom. The van der Waals surface area contributed by atoms with Crippen molar-refractivity contribution in [1.82, 2.24) is 0 Å². The molecule has 0 fully saturated rings. The summed E-state index contributed by atoms with van der Waals surface area (Å²) in [6, 6.07) is 18.8. The van der Waals surface area contributed by atoms with E-state index < -0.39 is 0 Å². The lowest BCUT2D eigenvalue weighted by atomic mass is 10.2. The van der Waals surface area contributed by atoms with Gasteiger partial charge in [-0.3, -0.25) is 4.79 Å². The molecule has 0 atom stereocenters. The molecule has 0 saturated carbocycles. The minimum atomic E-state index is -0.290. The van der Waals surface area contributed by atoms with Gasteiger partial charge in [-0.25, -0.2) is 0 Å². The van der Waals surface area contributed by atoms with Gasteiger partial charge in [0.2, 0.25) is 0 Å². The summed E-state index contributed by atoms with van der Waals surface area (Å²) in [5.41, 5.74) is 3.58. The van der Waals surface area contributed by atoms with Gasteiger partial charge < -0.3 is 15.4 Å². The van der Waals surface area contributed by atoms with E-state index in [1.165, 1.54) is 0 Å². The lowest BCUT2D eigenvalue weighted by Gasteiger charge is -2.11. The van der Waals surface area contributed by atoms with Gasteiger partial charge in [0, 0.05) is 27.4 Å². The molecule has 7 heteroatoms. The van der Waals surface area contributed by atoms with Crippen molar-refractivity contribution < 1.29 is 9.53 Å². The normalized spacial score (nSPS) is 10.5. The van der Waals surface area contributed by atoms with Crippen molar-refractivity contribution >= 4 is 56.4 Å². The molecule has 0 spiro atoms. The highest BCUT2D eigenvalue weighted by molar-refractivity contribution is 9.10. The lowest BCUT2D eigenvalue weighted by molar-refractivity contribution is -0.118. The number of carbonyl (C=O) groups is 1. The second-order valence-corrected chi connectivity index (χ2v) is 8.16. The molecule has 1 amide bonds. The molecule has 0 unspecified atom stereocenters. The van der Waals surface area contributed by atoms with E-state index in [1.807, 2.05) is 49.4 Å². The Bertz CT molecular complexity index is 1010. The Labute approximate surface area is 188 Å². The number of carbonyl (C=O) groups excluding carboxylic acids is 1. The quantitative estimate of drug-likeness (QED) is 0.385. The molecule has 0 aliphatic heterocycles. The van der Waals surface area contributed by atoms with E-state index in [4.69, 9.17) is 27.9 Å². The van der Waals surface area contributed by atoms with Crippen LogP contribution < -0.4 is 15.4 Å². The van der Waals surface area contributed by atoms with Gasteiger partial charge in [-0.05, 0) is 66.6 Å². The molecule has 0 aliphatic rings. The second kappa shape index (κ2) is 10.0. The molecule has 0 saturated heterocycles. The summed E-state index contributed by atoms with van der Waals surface area (Å²) in [6.07, 6.45) is 0. The van der Waals surface area contributed by atoms with Gasteiger partial charge in [-0.15, -0.1) is 0 Å². The minimum absolute atomic E-state index is 0.151. The van der Waals surface area contributed by atoms with Gasteiger partial charge in [-0.2, -0.15) is 0 Å². The first-order valence-corrected chi connectivity index (χ1v) is 10.4. The maximum absolute atomic E-state index is 12.1. The summed E-state index contributed by atoms with van der Waals surface area (Å²) in [5.74, 6) is 0.165. The molecule has 3 aromatic carbocycles. The fraction of sp³-hybridized carbons (Fsp3) is 0.136. The third kappa shape index (κ3) is 6.39. The Morgan fingerprint density at radius 2 is 1.69 bits per heavy atom. The van der Waals surface area contributed by atoms with Crippen LogP contribution in [0.15, 0.2) is 65.1 Å². The predicted molar refractivity (Wildman–Crippen MR) is 123 cm³/mol. The maximum Gasteiger partial charge on any atom is 0.262 e. The summed E-state index contributed by atoms with van der Waals surface area (Å²) >= 11 is 15.8. The highest BCUT2D eigenvalue weighted by Gasteiger charge is 2.08. The standard InChI is InChI=1S/C22H19BrCl2N2O2/c1-14-2-6-18(11-19(14)24)27-22(28)13-29-21-9-3-15(10-20(21)25)12-26-17-7-4-16(23)5-8-17/h2-11,26H,12-13H2,1H3,(H,27,28). The molecule has 0 bridgehead atoms. The van der Waals surface area contributed by atoms with Crippen molar-refractivity contribution in [3.63, 3.8) is 0 Å². The van der Waals surface area contributed by atoms with Crippen LogP contribution in [0.25, 0.3) is 0 Å².